The molecule has 1 aliphatic heterocycles. The zero-order chi connectivity index (χ0) is 19.7. The van der Waals surface area contributed by atoms with E-state index in [4.69, 9.17) is 0 Å². The number of nitrogens with one attached hydrogen (secondary N) is 2. The van der Waals surface area contributed by atoms with Gasteiger partial charge in [0.15, 0.2) is 0 Å². The first-order valence-electron chi connectivity index (χ1n) is 9.09. The Bertz CT molecular complexity index is 1020. The van der Waals surface area contributed by atoms with Crippen molar-refractivity contribution >= 4 is 28.3 Å². The average molecular weight is 380 g/mol. The highest BCUT2D eigenvalue weighted by atomic mass is 19.1. The minimum atomic E-state index is -0.461. The maximum absolute atomic E-state index is 13.9. The maximum Gasteiger partial charge on any atom is 0.275 e. The first kappa shape index (κ1) is 18.2. The number of hydrogen-bond donors (Lipinski definition) is 2. The van der Waals surface area contributed by atoms with Crippen molar-refractivity contribution in [2.75, 3.05) is 29.9 Å². The van der Waals surface area contributed by atoms with Crippen LogP contribution in [0.3, 0.4) is 0 Å². The third kappa shape index (κ3) is 3.77. The van der Waals surface area contributed by atoms with E-state index in [1.54, 1.807) is 24.5 Å². The largest absolute Gasteiger partial charge is 0.352 e. The minimum Gasteiger partial charge on any atom is -0.352 e. The van der Waals surface area contributed by atoms with Gasteiger partial charge in [-0.2, -0.15) is 0 Å². The molecule has 3 heterocycles. The molecule has 28 heavy (non-hydrogen) atoms. The van der Waals surface area contributed by atoms with Crippen molar-refractivity contribution in [1.29, 1.82) is 0 Å². The summed E-state index contributed by atoms with van der Waals surface area (Å²) in [6, 6.07) is 6.08. The molecule has 2 aromatic heterocycles. The van der Waals surface area contributed by atoms with Gasteiger partial charge in [0, 0.05) is 36.8 Å². The Morgan fingerprint density at radius 3 is 2.86 bits per heavy atom. The van der Waals surface area contributed by atoms with Gasteiger partial charge >= 0.3 is 0 Å². The molecule has 1 amide bonds. The van der Waals surface area contributed by atoms with Crippen LogP contribution in [0.25, 0.3) is 10.9 Å². The molecule has 0 spiro atoms. The summed E-state index contributed by atoms with van der Waals surface area (Å²) in [7, 11) is 0. The second kappa shape index (κ2) is 7.12. The van der Waals surface area contributed by atoms with Crippen molar-refractivity contribution in [3.05, 3.63) is 54.4 Å². The Labute approximate surface area is 162 Å². The number of carbonyl (C=O) groups is 1. The van der Waals surface area contributed by atoms with Gasteiger partial charge in [0.25, 0.3) is 5.91 Å². The molecule has 7 nitrogen and oxygen atoms in total. The van der Waals surface area contributed by atoms with Gasteiger partial charge in [0.2, 0.25) is 0 Å². The summed E-state index contributed by atoms with van der Waals surface area (Å²) < 4.78 is 13.9. The lowest BCUT2D eigenvalue weighted by Gasteiger charge is -2.39. The molecule has 1 aromatic carbocycles. The number of pyridine rings is 1. The highest BCUT2D eigenvalue weighted by molar-refractivity contribution is 6.07. The van der Waals surface area contributed by atoms with Gasteiger partial charge in [-0.25, -0.2) is 14.4 Å². The van der Waals surface area contributed by atoms with Crippen LogP contribution in [0.1, 0.15) is 24.3 Å². The van der Waals surface area contributed by atoms with Crippen molar-refractivity contribution < 1.29 is 9.18 Å². The number of halogens is 1. The first-order valence-corrected chi connectivity index (χ1v) is 9.09. The van der Waals surface area contributed by atoms with Crippen molar-refractivity contribution in [3.63, 3.8) is 0 Å². The minimum absolute atomic E-state index is 0.0125. The van der Waals surface area contributed by atoms with E-state index < -0.39 is 11.7 Å². The number of piperazine rings is 1. The van der Waals surface area contributed by atoms with Crippen LogP contribution in [0, 0.1) is 5.82 Å². The number of anilines is 2. The van der Waals surface area contributed by atoms with Gasteiger partial charge < -0.3 is 15.5 Å². The highest BCUT2D eigenvalue weighted by Gasteiger charge is 2.26. The quantitative estimate of drug-likeness (QED) is 0.727. The van der Waals surface area contributed by atoms with Crippen LogP contribution < -0.4 is 15.5 Å². The molecule has 1 fully saturated rings. The number of amides is 1. The summed E-state index contributed by atoms with van der Waals surface area (Å²) >= 11 is 0. The Balaban J connectivity index is 1.53. The van der Waals surface area contributed by atoms with Gasteiger partial charge in [0.05, 0.1) is 23.6 Å². The second-order valence-corrected chi connectivity index (χ2v) is 7.47. The molecule has 4 rings (SSSR count). The van der Waals surface area contributed by atoms with Crippen molar-refractivity contribution in [2.45, 2.75) is 19.4 Å². The Hall–Kier alpha value is -3.13. The van der Waals surface area contributed by atoms with Crippen LogP contribution in [0.5, 0.6) is 0 Å². The smallest absolute Gasteiger partial charge is 0.275 e. The van der Waals surface area contributed by atoms with Crippen LogP contribution in [-0.2, 0) is 0 Å². The number of aromatic nitrogens is 3. The highest BCUT2D eigenvalue weighted by Crippen LogP contribution is 2.23. The molecular weight excluding hydrogens is 359 g/mol. The number of carbonyl (C=O) groups excluding carboxylic acids is 1. The summed E-state index contributed by atoms with van der Waals surface area (Å²) in [5.41, 5.74) is 0.966. The molecule has 1 saturated heterocycles. The van der Waals surface area contributed by atoms with Gasteiger partial charge in [-0.1, -0.05) is 6.07 Å². The standard InChI is InChI=1S/C20H21FN6O/c1-20(2)12-27(7-6-25-20)17-11-23-16(10-24-17)19(28)26-15-9-14(21)8-13-4-3-5-22-18(13)15/h3-5,8-11,25H,6-7,12H2,1-2H3,(H,26,28). The topological polar surface area (TPSA) is 83.0 Å². The number of nitrogens with zero attached hydrogens (tertiary/aromatic N) is 4. The van der Waals surface area contributed by atoms with E-state index in [1.165, 1.54) is 18.3 Å². The SMILES string of the molecule is CC1(C)CN(c2cnc(C(=O)Nc3cc(F)cc4cccnc34)cn2)CCN1. The first-order chi connectivity index (χ1) is 13.4. The molecule has 0 radical (unpaired) electrons. The van der Waals surface area contributed by atoms with Crippen LogP contribution in [-0.4, -0.2) is 46.0 Å². The molecule has 144 valence electrons. The predicted molar refractivity (Wildman–Crippen MR) is 106 cm³/mol. The second-order valence-electron chi connectivity index (χ2n) is 7.47. The summed E-state index contributed by atoms with van der Waals surface area (Å²) in [5, 5.41) is 6.74. The maximum atomic E-state index is 13.9. The summed E-state index contributed by atoms with van der Waals surface area (Å²) in [5.74, 6) is -0.181. The van der Waals surface area contributed by atoms with E-state index in [2.05, 4.69) is 44.3 Å². The van der Waals surface area contributed by atoms with Gasteiger partial charge in [-0.3, -0.25) is 9.78 Å². The Morgan fingerprint density at radius 2 is 2.11 bits per heavy atom. The summed E-state index contributed by atoms with van der Waals surface area (Å²) in [4.78, 5) is 27.6. The van der Waals surface area contributed by atoms with Gasteiger partial charge in [-0.15, -0.1) is 0 Å². The van der Waals surface area contributed by atoms with E-state index in [1.807, 2.05) is 0 Å². The molecule has 0 unspecified atom stereocenters. The fourth-order valence-electron chi connectivity index (χ4n) is 3.38. The van der Waals surface area contributed by atoms with Crippen molar-refractivity contribution in [3.8, 4) is 0 Å². The number of hydrogen-bond acceptors (Lipinski definition) is 6. The zero-order valence-electron chi connectivity index (χ0n) is 15.7. The molecule has 0 saturated carbocycles. The molecule has 2 N–H and O–H groups in total. The van der Waals surface area contributed by atoms with E-state index in [0.717, 1.165) is 25.5 Å². The van der Waals surface area contributed by atoms with E-state index in [-0.39, 0.29) is 11.2 Å². The molecule has 0 bridgehead atoms. The predicted octanol–water partition coefficient (Wildman–Crippen LogP) is 2.60. The van der Waals surface area contributed by atoms with Crippen LogP contribution in [0.15, 0.2) is 42.9 Å². The van der Waals surface area contributed by atoms with Crippen LogP contribution in [0.2, 0.25) is 0 Å². The fourth-order valence-corrected chi connectivity index (χ4v) is 3.38. The van der Waals surface area contributed by atoms with Gasteiger partial charge in [-0.05, 0) is 32.0 Å². The third-order valence-corrected chi connectivity index (χ3v) is 4.68. The monoisotopic (exact) mass is 380 g/mol. The van der Waals surface area contributed by atoms with Gasteiger partial charge in [0.1, 0.15) is 17.3 Å². The average Bonchev–Trinajstić information content (AvgIpc) is 2.67. The van der Waals surface area contributed by atoms with E-state index in [0.29, 0.717) is 16.6 Å². The lowest BCUT2D eigenvalue weighted by molar-refractivity contribution is 0.102. The van der Waals surface area contributed by atoms with Crippen LogP contribution >= 0.6 is 0 Å². The van der Waals surface area contributed by atoms with E-state index >= 15 is 0 Å². The summed E-state index contributed by atoms with van der Waals surface area (Å²) in [6.45, 7) is 6.74. The molecule has 1 aliphatic rings. The molecule has 0 aliphatic carbocycles. The van der Waals surface area contributed by atoms with Crippen molar-refractivity contribution in [2.24, 2.45) is 0 Å². The van der Waals surface area contributed by atoms with Crippen LogP contribution in [0.4, 0.5) is 15.9 Å². The lowest BCUT2D eigenvalue weighted by atomic mass is 10.0. The fraction of sp³-hybridized carbons (Fsp3) is 0.300. The number of benzene rings is 1. The number of rotatable bonds is 3. The van der Waals surface area contributed by atoms with Crippen molar-refractivity contribution in [1.82, 2.24) is 20.3 Å². The third-order valence-electron chi connectivity index (χ3n) is 4.68. The zero-order valence-corrected chi connectivity index (χ0v) is 15.7. The Kier molecular flexibility index (Phi) is 4.64. The number of fused-ring (bicyclic) bond motifs is 1. The summed E-state index contributed by atoms with van der Waals surface area (Å²) in [6.07, 6.45) is 4.63. The lowest BCUT2D eigenvalue weighted by Crippen LogP contribution is -2.57. The van der Waals surface area contributed by atoms with E-state index in [9.17, 15) is 9.18 Å². The normalized spacial score (nSPS) is 16.2. The molecular formula is C20H21FN6O. The molecule has 8 heteroatoms. The molecule has 0 atom stereocenters. The Morgan fingerprint density at radius 1 is 1.25 bits per heavy atom. The molecule has 3 aromatic rings.